The lowest BCUT2D eigenvalue weighted by Gasteiger charge is -2.18. The van der Waals surface area contributed by atoms with E-state index in [0.717, 1.165) is 11.1 Å². The monoisotopic (exact) mass is 354 g/mol. The molecule has 1 unspecified atom stereocenters. The Morgan fingerprint density at radius 2 is 1.69 bits per heavy atom. The lowest BCUT2D eigenvalue weighted by Crippen LogP contribution is -2.32. The molecule has 138 valence electrons. The van der Waals surface area contributed by atoms with Crippen molar-refractivity contribution >= 4 is 23.2 Å². The highest BCUT2D eigenvalue weighted by molar-refractivity contribution is 5.96. The number of carbonyl (C=O) groups is 2. The number of hydrogen-bond donors (Lipinski definition) is 2. The van der Waals surface area contributed by atoms with Crippen LogP contribution >= 0.6 is 0 Å². The Morgan fingerprint density at radius 1 is 1.00 bits per heavy atom. The summed E-state index contributed by atoms with van der Waals surface area (Å²) in [7, 11) is 0. The normalized spacial score (nSPS) is 11.5. The van der Waals surface area contributed by atoms with Crippen LogP contribution < -0.4 is 15.4 Å². The van der Waals surface area contributed by atoms with Crippen LogP contribution in [0.1, 0.15) is 37.8 Å². The number of anilines is 2. The summed E-state index contributed by atoms with van der Waals surface area (Å²) in [6, 6.07) is 13.0. The van der Waals surface area contributed by atoms with Crippen molar-refractivity contribution in [1.82, 2.24) is 0 Å². The summed E-state index contributed by atoms with van der Waals surface area (Å²) in [5.41, 5.74) is 3.39. The van der Waals surface area contributed by atoms with E-state index >= 15 is 0 Å². The molecule has 2 amide bonds. The fraction of sp³-hybridized carbons (Fsp3) is 0.333. The van der Waals surface area contributed by atoms with E-state index in [1.54, 1.807) is 13.0 Å². The van der Waals surface area contributed by atoms with E-state index in [1.165, 1.54) is 0 Å². The number of ether oxygens (including phenoxy) is 1. The molecule has 0 aliphatic rings. The fourth-order valence-corrected chi connectivity index (χ4v) is 2.40. The molecule has 0 aliphatic carbocycles. The maximum atomic E-state index is 12.6. The van der Waals surface area contributed by atoms with Gasteiger partial charge in [-0.05, 0) is 50.1 Å². The molecule has 2 N–H and O–H groups in total. The molecular weight excluding hydrogens is 328 g/mol. The van der Waals surface area contributed by atoms with Gasteiger partial charge in [-0.2, -0.15) is 0 Å². The summed E-state index contributed by atoms with van der Waals surface area (Å²) in [5.74, 6) is 0.382. The van der Waals surface area contributed by atoms with Crippen LogP contribution in [0, 0.1) is 13.8 Å². The van der Waals surface area contributed by atoms with Gasteiger partial charge in [0.2, 0.25) is 5.91 Å². The Bertz CT molecular complexity index is 769. The van der Waals surface area contributed by atoms with E-state index < -0.39 is 6.10 Å². The van der Waals surface area contributed by atoms with Crippen molar-refractivity contribution in [3.05, 3.63) is 53.6 Å². The van der Waals surface area contributed by atoms with Crippen molar-refractivity contribution in [3.63, 3.8) is 0 Å². The maximum Gasteiger partial charge on any atom is 0.265 e. The van der Waals surface area contributed by atoms with Gasteiger partial charge >= 0.3 is 0 Å². The number of amides is 2. The summed E-state index contributed by atoms with van der Waals surface area (Å²) in [6.45, 7) is 7.61. The number of nitrogens with one attached hydrogen (secondary N) is 2. The molecule has 2 rings (SSSR count). The molecule has 0 spiro atoms. The number of aryl methyl sites for hydroxylation is 2. The van der Waals surface area contributed by atoms with Gasteiger partial charge in [0.15, 0.2) is 6.10 Å². The van der Waals surface area contributed by atoms with E-state index in [4.69, 9.17) is 4.74 Å². The predicted octanol–water partition coefficient (Wildman–Crippen LogP) is 4.45. The average molecular weight is 354 g/mol. The van der Waals surface area contributed by atoms with E-state index in [9.17, 15) is 9.59 Å². The first-order valence-electron chi connectivity index (χ1n) is 8.87. The molecule has 0 saturated heterocycles. The number of carbonyl (C=O) groups excluding carboxylic acids is 2. The van der Waals surface area contributed by atoms with Crippen LogP contribution in [0.2, 0.25) is 0 Å². The quantitative estimate of drug-likeness (QED) is 0.772. The van der Waals surface area contributed by atoms with Crippen LogP contribution in [0.5, 0.6) is 5.75 Å². The molecular formula is C21H26N2O3. The molecule has 0 fully saturated rings. The highest BCUT2D eigenvalue weighted by Crippen LogP contribution is 2.21. The summed E-state index contributed by atoms with van der Waals surface area (Å²) in [6.07, 6.45) is 0.358. The molecule has 0 saturated carbocycles. The smallest absolute Gasteiger partial charge is 0.265 e. The molecule has 26 heavy (non-hydrogen) atoms. The van der Waals surface area contributed by atoms with Crippen molar-refractivity contribution in [2.45, 2.75) is 46.6 Å². The van der Waals surface area contributed by atoms with Crippen LogP contribution in [0.4, 0.5) is 11.4 Å². The second kappa shape index (κ2) is 9.04. The second-order valence-corrected chi connectivity index (χ2v) is 6.25. The Morgan fingerprint density at radius 3 is 2.31 bits per heavy atom. The number of hydrogen-bond acceptors (Lipinski definition) is 3. The minimum absolute atomic E-state index is 0.0642. The minimum Gasteiger partial charge on any atom is -0.481 e. The lowest BCUT2D eigenvalue weighted by molar-refractivity contribution is -0.122. The number of benzene rings is 2. The van der Waals surface area contributed by atoms with Gasteiger partial charge in [0.25, 0.3) is 5.91 Å². The van der Waals surface area contributed by atoms with Gasteiger partial charge in [0.1, 0.15) is 5.75 Å². The Kier molecular flexibility index (Phi) is 6.78. The molecule has 0 radical (unpaired) electrons. The van der Waals surface area contributed by atoms with Gasteiger partial charge < -0.3 is 15.4 Å². The summed E-state index contributed by atoms with van der Waals surface area (Å²) in [5, 5.41) is 5.71. The van der Waals surface area contributed by atoms with Crippen LogP contribution in [-0.4, -0.2) is 17.9 Å². The predicted molar refractivity (Wildman–Crippen MR) is 105 cm³/mol. The summed E-state index contributed by atoms with van der Waals surface area (Å²) < 4.78 is 5.81. The highest BCUT2D eigenvalue weighted by atomic mass is 16.5. The molecule has 5 nitrogen and oxygen atoms in total. The van der Waals surface area contributed by atoms with Crippen molar-refractivity contribution in [1.29, 1.82) is 0 Å². The molecule has 0 heterocycles. The molecule has 0 aromatic heterocycles. The summed E-state index contributed by atoms with van der Waals surface area (Å²) in [4.78, 5) is 24.2. The maximum absolute atomic E-state index is 12.6. The second-order valence-electron chi connectivity index (χ2n) is 6.25. The SMILES string of the molecule is CCC(=O)Nc1cc(NC(=O)C(CC)Oc2ccc(C)cc2)ccc1C. The molecule has 5 heteroatoms. The Hall–Kier alpha value is -2.82. The van der Waals surface area contributed by atoms with Crippen LogP contribution in [0.3, 0.4) is 0 Å². The summed E-state index contributed by atoms with van der Waals surface area (Å²) >= 11 is 0. The molecule has 0 bridgehead atoms. The largest absolute Gasteiger partial charge is 0.481 e. The van der Waals surface area contributed by atoms with Gasteiger partial charge in [-0.1, -0.05) is 37.6 Å². The third-order valence-electron chi connectivity index (χ3n) is 4.06. The molecule has 1 atom stereocenters. The van der Waals surface area contributed by atoms with Crippen LogP contribution in [0.15, 0.2) is 42.5 Å². The third-order valence-corrected chi connectivity index (χ3v) is 4.06. The topological polar surface area (TPSA) is 67.4 Å². The zero-order chi connectivity index (χ0) is 19.1. The first-order chi connectivity index (χ1) is 12.4. The van der Waals surface area contributed by atoms with Crippen molar-refractivity contribution in [3.8, 4) is 5.75 Å². The Labute approximate surface area is 154 Å². The first kappa shape index (κ1) is 19.5. The van der Waals surface area contributed by atoms with E-state index in [-0.39, 0.29) is 11.8 Å². The van der Waals surface area contributed by atoms with E-state index in [0.29, 0.717) is 30.0 Å². The van der Waals surface area contributed by atoms with Gasteiger partial charge in [-0.3, -0.25) is 9.59 Å². The van der Waals surface area contributed by atoms with Crippen molar-refractivity contribution in [2.75, 3.05) is 10.6 Å². The van der Waals surface area contributed by atoms with E-state index in [2.05, 4.69) is 10.6 Å². The highest BCUT2D eigenvalue weighted by Gasteiger charge is 2.19. The molecule has 2 aromatic carbocycles. The average Bonchev–Trinajstić information content (AvgIpc) is 2.63. The van der Waals surface area contributed by atoms with Gasteiger partial charge in [0, 0.05) is 17.8 Å². The zero-order valence-electron chi connectivity index (χ0n) is 15.8. The first-order valence-corrected chi connectivity index (χ1v) is 8.87. The zero-order valence-corrected chi connectivity index (χ0v) is 15.8. The van der Waals surface area contributed by atoms with Crippen LogP contribution in [0.25, 0.3) is 0 Å². The molecule has 0 aliphatic heterocycles. The van der Waals surface area contributed by atoms with Crippen molar-refractivity contribution < 1.29 is 14.3 Å². The number of rotatable bonds is 7. The van der Waals surface area contributed by atoms with Gasteiger partial charge in [0.05, 0.1) is 0 Å². The third kappa shape index (κ3) is 5.34. The fourth-order valence-electron chi connectivity index (χ4n) is 2.40. The minimum atomic E-state index is -0.590. The lowest BCUT2D eigenvalue weighted by atomic mass is 10.1. The van der Waals surface area contributed by atoms with Crippen LogP contribution in [-0.2, 0) is 9.59 Å². The van der Waals surface area contributed by atoms with Gasteiger partial charge in [-0.25, -0.2) is 0 Å². The standard InChI is InChI=1S/C21H26N2O3/c1-5-19(26-17-11-7-14(3)8-12-17)21(25)22-16-10-9-15(4)18(13-16)23-20(24)6-2/h7-13,19H,5-6H2,1-4H3,(H,22,25)(H,23,24). The molecule has 2 aromatic rings. The Balaban J connectivity index is 2.08. The van der Waals surface area contributed by atoms with Crippen molar-refractivity contribution in [2.24, 2.45) is 0 Å². The van der Waals surface area contributed by atoms with E-state index in [1.807, 2.05) is 57.2 Å². The van der Waals surface area contributed by atoms with Gasteiger partial charge in [-0.15, -0.1) is 0 Å².